The molecule has 24 heavy (non-hydrogen) atoms. The molecule has 0 radical (unpaired) electrons. The molecular weight excluding hydrogens is 308 g/mol. The second-order valence-electron chi connectivity index (χ2n) is 6.99. The molecule has 130 valence electrons. The summed E-state index contributed by atoms with van der Waals surface area (Å²) in [7, 11) is 0. The lowest BCUT2D eigenvalue weighted by molar-refractivity contribution is -0.122. The molecule has 1 aromatic heterocycles. The van der Waals surface area contributed by atoms with Crippen LogP contribution in [-0.4, -0.2) is 46.2 Å². The summed E-state index contributed by atoms with van der Waals surface area (Å²) in [6.45, 7) is 4.26. The number of fused-ring (bicyclic) bond motifs is 1. The number of carbonyl (C=O) groups is 1. The zero-order valence-corrected chi connectivity index (χ0v) is 13.9. The van der Waals surface area contributed by atoms with Gasteiger partial charge in [0.25, 0.3) is 5.56 Å². The Bertz CT molecular complexity index is 677. The van der Waals surface area contributed by atoms with Crippen molar-refractivity contribution in [3.05, 3.63) is 27.9 Å². The fourth-order valence-corrected chi connectivity index (χ4v) is 3.54. The normalized spacial score (nSPS) is 24.4. The molecule has 1 N–H and O–H groups in total. The van der Waals surface area contributed by atoms with Crippen molar-refractivity contribution in [3.63, 3.8) is 0 Å². The maximum Gasteiger partial charge on any atom is 0.253 e. The molecule has 1 aliphatic carbocycles. The highest BCUT2D eigenvalue weighted by atomic mass is 16.5. The molecular formula is C17H24N4O3. The van der Waals surface area contributed by atoms with Gasteiger partial charge in [0.05, 0.1) is 25.4 Å². The molecule has 1 aromatic rings. The van der Waals surface area contributed by atoms with E-state index in [2.05, 4.69) is 15.2 Å². The summed E-state index contributed by atoms with van der Waals surface area (Å²) >= 11 is 0. The molecule has 3 heterocycles. The quantitative estimate of drug-likeness (QED) is 0.856. The van der Waals surface area contributed by atoms with E-state index in [1.54, 1.807) is 10.6 Å². The molecule has 4 rings (SSSR count). The number of carbonyl (C=O) groups excluding carboxylic acids is 1. The Kier molecular flexibility index (Phi) is 4.37. The first-order chi connectivity index (χ1) is 11.7. The van der Waals surface area contributed by atoms with E-state index in [9.17, 15) is 9.59 Å². The van der Waals surface area contributed by atoms with Crippen LogP contribution in [0.25, 0.3) is 0 Å². The third-order valence-electron chi connectivity index (χ3n) is 5.13. The molecule has 0 bridgehead atoms. The highest BCUT2D eigenvalue weighted by Crippen LogP contribution is 2.28. The molecule has 0 aromatic carbocycles. The maximum atomic E-state index is 12.4. The third kappa shape index (κ3) is 3.37. The van der Waals surface area contributed by atoms with Gasteiger partial charge in [-0.25, -0.2) is 4.98 Å². The van der Waals surface area contributed by atoms with E-state index in [0.717, 1.165) is 51.3 Å². The predicted molar refractivity (Wildman–Crippen MR) is 87.3 cm³/mol. The summed E-state index contributed by atoms with van der Waals surface area (Å²) in [6, 6.07) is 1.98. The van der Waals surface area contributed by atoms with E-state index in [-0.39, 0.29) is 17.4 Å². The monoisotopic (exact) mass is 332 g/mol. The van der Waals surface area contributed by atoms with E-state index < -0.39 is 0 Å². The summed E-state index contributed by atoms with van der Waals surface area (Å²) < 4.78 is 7.28. The van der Waals surface area contributed by atoms with Crippen LogP contribution in [0.1, 0.15) is 37.2 Å². The average molecular weight is 332 g/mol. The molecule has 1 saturated heterocycles. The first kappa shape index (κ1) is 15.8. The molecule has 7 heteroatoms. The number of amides is 1. The molecule has 1 amide bonds. The molecule has 1 unspecified atom stereocenters. The van der Waals surface area contributed by atoms with Crippen molar-refractivity contribution >= 4 is 5.91 Å². The Morgan fingerprint density at radius 2 is 2.21 bits per heavy atom. The predicted octanol–water partition coefficient (Wildman–Crippen LogP) is 0.264. The summed E-state index contributed by atoms with van der Waals surface area (Å²) in [5.74, 6) is 1.06. The summed E-state index contributed by atoms with van der Waals surface area (Å²) in [5, 5.41) is 2.89. The third-order valence-corrected chi connectivity index (χ3v) is 5.13. The van der Waals surface area contributed by atoms with Crippen molar-refractivity contribution < 1.29 is 9.53 Å². The molecule has 1 saturated carbocycles. The number of aromatic nitrogens is 2. The fraction of sp³-hybridized carbons (Fsp3) is 0.706. The summed E-state index contributed by atoms with van der Waals surface area (Å²) in [6.07, 6.45) is 3.94. The van der Waals surface area contributed by atoms with Crippen LogP contribution < -0.4 is 10.9 Å². The molecule has 2 aliphatic heterocycles. The van der Waals surface area contributed by atoms with Gasteiger partial charge < -0.3 is 10.1 Å². The number of ether oxygens (including phenoxy) is 1. The van der Waals surface area contributed by atoms with Crippen LogP contribution in [0, 0.1) is 5.92 Å². The van der Waals surface area contributed by atoms with Crippen LogP contribution in [-0.2, 0) is 29.2 Å². The van der Waals surface area contributed by atoms with Crippen molar-refractivity contribution in [3.8, 4) is 0 Å². The van der Waals surface area contributed by atoms with E-state index in [1.165, 1.54) is 0 Å². The highest BCUT2D eigenvalue weighted by Gasteiger charge is 2.30. The van der Waals surface area contributed by atoms with Gasteiger partial charge in [-0.2, -0.15) is 0 Å². The highest BCUT2D eigenvalue weighted by molar-refractivity contribution is 5.80. The number of rotatable bonds is 4. The Morgan fingerprint density at radius 1 is 1.33 bits per heavy atom. The van der Waals surface area contributed by atoms with Gasteiger partial charge >= 0.3 is 0 Å². The van der Waals surface area contributed by atoms with Gasteiger partial charge in [-0.15, -0.1) is 0 Å². The lowest BCUT2D eigenvalue weighted by Gasteiger charge is -2.25. The van der Waals surface area contributed by atoms with Crippen LogP contribution >= 0.6 is 0 Å². The molecule has 7 nitrogen and oxygen atoms in total. The van der Waals surface area contributed by atoms with Crippen LogP contribution in [0.15, 0.2) is 10.9 Å². The Morgan fingerprint density at radius 3 is 2.96 bits per heavy atom. The number of hydrogen-bond donors (Lipinski definition) is 1. The summed E-state index contributed by atoms with van der Waals surface area (Å²) in [5.41, 5.74) is 0.643. The van der Waals surface area contributed by atoms with Crippen molar-refractivity contribution in [1.29, 1.82) is 0 Å². The van der Waals surface area contributed by atoms with Gasteiger partial charge in [0, 0.05) is 37.7 Å². The van der Waals surface area contributed by atoms with Crippen LogP contribution in [0.5, 0.6) is 0 Å². The number of hydrogen-bond acceptors (Lipinski definition) is 5. The van der Waals surface area contributed by atoms with Crippen molar-refractivity contribution in [1.82, 2.24) is 19.8 Å². The Labute approximate surface area is 141 Å². The Hall–Kier alpha value is -1.73. The fourth-order valence-electron chi connectivity index (χ4n) is 3.54. The van der Waals surface area contributed by atoms with Crippen molar-refractivity contribution in [2.75, 3.05) is 19.8 Å². The van der Waals surface area contributed by atoms with E-state index >= 15 is 0 Å². The topological polar surface area (TPSA) is 76.5 Å². The van der Waals surface area contributed by atoms with E-state index in [0.29, 0.717) is 31.4 Å². The minimum Gasteiger partial charge on any atom is -0.380 e. The summed E-state index contributed by atoms with van der Waals surface area (Å²) in [4.78, 5) is 31.3. The van der Waals surface area contributed by atoms with E-state index in [1.807, 2.05) is 0 Å². The number of nitrogens with zero attached hydrogens (tertiary/aromatic N) is 3. The lowest BCUT2D eigenvalue weighted by Crippen LogP contribution is -2.36. The van der Waals surface area contributed by atoms with Gasteiger partial charge in [-0.05, 0) is 25.7 Å². The van der Waals surface area contributed by atoms with Gasteiger partial charge in [-0.3, -0.25) is 19.1 Å². The standard InChI is InChI=1S/C17H24N4O3/c22-16-8-13(9-18-17(23)12-2-3-12)19-15-10-20(5-1-6-21(15)16)14-4-7-24-11-14/h8,12,14H,1-7,9-11H2,(H,18,23). The smallest absolute Gasteiger partial charge is 0.253 e. The van der Waals surface area contributed by atoms with Gasteiger partial charge in [0.2, 0.25) is 5.91 Å². The van der Waals surface area contributed by atoms with E-state index in [4.69, 9.17) is 4.74 Å². The second-order valence-corrected chi connectivity index (χ2v) is 6.99. The van der Waals surface area contributed by atoms with Gasteiger partial charge in [0.15, 0.2) is 0 Å². The zero-order chi connectivity index (χ0) is 16.5. The first-order valence-corrected chi connectivity index (χ1v) is 8.90. The van der Waals surface area contributed by atoms with Crippen LogP contribution in [0.2, 0.25) is 0 Å². The average Bonchev–Trinajstić information content (AvgIpc) is 3.33. The van der Waals surface area contributed by atoms with Gasteiger partial charge in [-0.1, -0.05) is 0 Å². The first-order valence-electron chi connectivity index (χ1n) is 8.90. The SMILES string of the molecule is O=C(NCc1cc(=O)n2c(n1)CN(C1CCOC1)CCC2)C1CC1. The Balaban J connectivity index is 1.51. The second kappa shape index (κ2) is 6.64. The maximum absolute atomic E-state index is 12.4. The molecule has 3 aliphatic rings. The zero-order valence-electron chi connectivity index (χ0n) is 13.9. The molecule has 1 atom stereocenters. The molecule has 0 spiro atoms. The lowest BCUT2D eigenvalue weighted by atomic mass is 10.2. The van der Waals surface area contributed by atoms with Gasteiger partial charge in [0.1, 0.15) is 5.82 Å². The minimum absolute atomic E-state index is 0.0137. The van der Waals surface area contributed by atoms with Crippen LogP contribution in [0.3, 0.4) is 0 Å². The van der Waals surface area contributed by atoms with Crippen molar-refractivity contribution in [2.24, 2.45) is 5.92 Å². The largest absolute Gasteiger partial charge is 0.380 e. The number of nitrogens with one attached hydrogen (secondary N) is 1. The molecule has 2 fully saturated rings. The van der Waals surface area contributed by atoms with Crippen molar-refractivity contribution in [2.45, 2.75) is 51.4 Å². The minimum atomic E-state index is -0.0137. The van der Waals surface area contributed by atoms with Crippen LogP contribution in [0.4, 0.5) is 0 Å².